The standard InChI is InChI=1S/C17H25NO/c1-13-6-5-7-14(2)15(13)12-17(19)9-11-18-10-4-3-8-16(17)18/h5-7,16,19H,3-4,8-12H2,1-2H3. The summed E-state index contributed by atoms with van der Waals surface area (Å²) in [6, 6.07) is 6.83. The third-order valence-electron chi connectivity index (χ3n) is 5.19. The molecule has 2 nitrogen and oxygen atoms in total. The smallest absolute Gasteiger partial charge is 0.0854 e. The van der Waals surface area contributed by atoms with Gasteiger partial charge in [-0.3, -0.25) is 4.90 Å². The van der Waals surface area contributed by atoms with Gasteiger partial charge in [-0.25, -0.2) is 0 Å². The van der Waals surface area contributed by atoms with Crippen molar-refractivity contribution in [3.63, 3.8) is 0 Å². The summed E-state index contributed by atoms with van der Waals surface area (Å²) in [5.74, 6) is 0. The molecule has 0 saturated carbocycles. The molecule has 2 unspecified atom stereocenters. The molecule has 1 aromatic rings. The van der Waals surface area contributed by atoms with E-state index in [1.807, 2.05) is 0 Å². The van der Waals surface area contributed by atoms with E-state index in [0.29, 0.717) is 6.04 Å². The van der Waals surface area contributed by atoms with Gasteiger partial charge in [0.1, 0.15) is 0 Å². The first kappa shape index (κ1) is 13.1. The number of aryl methyl sites for hydroxylation is 2. The summed E-state index contributed by atoms with van der Waals surface area (Å²) in [5, 5.41) is 11.1. The summed E-state index contributed by atoms with van der Waals surface area (Å²) in [6.45, 7) is 6.59. The molecule has 2 atom stereocenters. The highest BCUT2D eigenvalue weighted by Gasteiger charge is 2.46. The quantitative estimate of drug-likeness (QED) is 0.883. The second-order valence-electron chi connectivity index (χ2n) is 6.45. The Morgan fingerprint density at radius 1 is 1.21 bits per heavy atom. The van der Waals surface area contributed by atoms with E-state index < -0.39 is 5.60 Å². The van der Waals surface area contributed by atoms with Crippen molar-refractivity contribution >= 4 is 0 Å². The van der Waals surface area contributed by atoms with Crippen LogP contribution < -0.4 is 0 Å². The van der Waals surface area contributed by atoms with Gasteiger partial charge in [-0.2, -0.15) is 0 Å². The zero-order valence-electron chi connectivity index (χ0n) is 12.2. The van der Waals surface area contributed by atoms with Crippen LogP contribution >= 0.6 is 0 Å². The average Bonchev–Trinajstić information content (AvgIpc) is 2.73. The Morgan fingerprint density at radius 3 is 2.68 bits per heavy atom. The van der Waals surface area contributed by atoms with Crippen LogP contribution in [0.2, 0.25) is 0 Å². The minimum absolute atomic E-state index is 0.389. The van der Waals surface area contributed by atoms with Crippen LogP contribution in [0.4, 0.5) is 0 Å². The van der Waals surface area contributed by atoms with Crippen LogP contribution in [0.25, 0.3) is 0 Å². The number of hydrogen-bond acceptors (Lipinski definition) is 2. The van der Waals surface area contributed by atoms with Crippen LogP contribution in [-0.2, 0) is 6.42 Å². The first-order valence-corrected chi connectivity index (χ1v) is 7.62. The van der Waals surface area contributed by atoms with E-state index in [1.54, 1.807) is 0 Å². The molecule has 0 aliphatic carbocycles. The number of aliphatic hydroxyl groups is 1. The second-order valence-corrected chi connectivity index (χ2v) is 6.45. The van der Waals surface area contributed by atoms with Gasteiger partial charge in [0.05, 0.1) is 5.60 Å². The number of fused-ring (bicyclic) bond motifs is 1. The van der Waals surface area contributed by atoms with Gasteiger partial charge in [-0.1, -0.05) is 24.6 Å². The molecule has 2 heteroatoms. The molecule has 0 aromatic heterocycles. The molecule has 0 spiro atoms. The SMILES string of the molecule is Cc1cccc(C)c1CC1(O)CCN2CCCCC21. The maximum Gasteiger partial charge on any atom is 0.0854 e. The lowest BCUT2D eigenvalue weighted by Crippen LogP contribution is -2.48. The molecule has 2 fully saturated rings. The second kappa shape index (κ2) is 4.92. The van der Waals surface area contributed by atoms with Gasteiger partial charge in [-0.05, 0) is 56.3 Å². The van der Waals surface area contributed by atoms with Crippen molar-refractivity contribution in [1.29, 1.82) is 0 Å². The zero-order valence-corrected chi connectivity index (χ0v) is 12.2. The van der Waals surface area contributed by atoms with Crippen molar-refractivity contribution in [3.05, 3.63) is 34.9 Å². The monoisotopic (exact) mass is 259 g/mol. The Balaban J connectivity index is 1.86. The van der Waals surface area contributed by atoms with Gasteiger partial charge in [-0.15, -0.1) is 0 Å². The molecule has 19 heavy (non-hydrogen) atoms. The lowest BCUT2D eigenvalue weighted by Gasteiger charge is -2.38. The van der Waals surface area contributed by atoms with Crippen molar-refractivity contribution in [3.8, 4) is 0 Å². The molecule has 2 saturated heterocycles. The summed E-state index contributed by atoms with van der Waals surface area (Å²) in [7, 11) is 0. The Bertz CT molecular complexity index is 450. The van der Waals surface area contributed by atoms with Crippen molar-refractivity contribution < 1.29 is 5.11 Å². The number of rotatable bonds is 2. The highest BCUT2D eigenvalue weighted by atomic mass is 16.3. The summed E-state index contributed by atoms with van der Waals surface area (Å²) >= 11 is 0. The lowest BCUT2D eigenvalue weighted by molar-refractivity contribution is -0.00907. The van der Waals surface area contributed by atoms with E-state index in [9.17, 15) is 5.11 Å². The predicted molar refractivity (Wildman–Crippen MR) is 78.4 cm³/mol. The first-order valence-electron chi connectivity index (χ1n) is 7.62. The van der Waals surface area contributed by atoms with Gasteiger partial charge in [0.2, 0.25) is 0 Å². The van der Waals surface area contributed by atoms with Gasteiger partial charge < -0.3 is 5.11 Å². The number of nitrogens with zero attached hydrogens (tertiary/aromatic N) is 1. The fraction of sp³-hybridized carbons (Fsp3) is 0.647. The third-order valence-corrected chi connectivity index (χ3v) is 5.19. The van der Waals surface area contributed by atoms with E-state index in [1.165, 1.54) is 42.5 Å². The van der Waals surface area contributed by atoms with Crippen LogP contribution in [-0.4, -0.2) is 34.7 Å². The Labute approximate surface area is 116 Å². The van der Waals surface area contributed by atoms with E-state index in [-0.39, 0.29) is 0 Å². The van der Waals surface area contributed by atoms with Crippen molar-refractivity contribution in [2.75, 3.05) is 13.1 Å². The van der Waals surface area contributed by atoms with Gasteiger partial charge in [0.25, 0.3) is 0 Å². The Morgan fingerprint density at radius 2 is 1.95 bits per heavy atom. The summed E-state index contributed by atoms with van der Waals surface area (Å²) in [4.78, 5) is 2.51. The van der Waals surface area contributed by atoms with E-state index in [0.717, 1.165) is 19.4 Å². The zero-order chi connectivity index (χ0) is 13.5. The maximum atomic E-state index is 11.1. The van der Waals surface area contributed by atoms with Gasteiger partial charge in [0.15, 0.2) is 0 Å². The molecule has 104 valence electrons. The van der Waals surface area contributed by atoms with E-state index >= 15 is 0 Å². The van der Waals surface area contributed by atoms with Crippen molar-refractivity contribution in [1.82, 2.24) is 4.90 Å². The molecular formula is C17H25NO. The molecule has 1 N–H and O–H groups in total. The predicted octanol–water partition coefficient (Wildman–Crippen LogP) is 2.84. The van der Waals surface area contributed by atoms with E-state index in [2.05, 4.69) is 36.9 Å². The lowest BCUT2D eigenvalue weighted by atomic mass is 9.81. The van der Waals surface area contributed by atoms with Crippen LogP contribution in [0.15, 0.2) is 18.2 Å². The molecule has 1 aromatic carbocycles. The van der Waals surface area contributed by atoms with Crippen LogP contribution in [0.3, 0.4) is 0 Å². The third kappa shape index (κ3) is 2.32. The molecule has 0 amide bonds. The van der Waals surface area contributed by atoms with Crippen LogP contribution in [0.1, 0.15) is 42.4 Å². The largest absolute Gasteiger partial charge is 0.388 e. The normalized spacial score (nSPS) is 31.4. The number of piperidine rings is 1. The molecule has 0 radical (unpaired) electrons. The van der Waals surface area contributed by atoms with Crippen LogP contribution in [0, 0.1) is 13.8 Å². The van der Waals surface area contributed by atoms with Crippen LogP contribution in [0.5, 0.6) is 0 Å². The topological polar surface area (TPSA) is 23.5 Å². The van der Waals surface area contributed by atoms with Crippen molar-refractivity contribution in [2.24, 2.45) is 0 Å². The van der Waals surface area contributed by atoms with Gasteiger partial charge >= 0.3 is 0 Å². The molecular weight excluding hydrogens is 234 g/mol. The minimum atomic E-state index is -0.503. The maximum absolute atomic E-state index is 11.1. The molecule has 2 heterocycles. The first-order chi connectivity index (χ1) is 9.10. The molecule has 2 aliphatic heterocycles. The number of benzene rings is 1. The van der Waals surface area contributed by atoms with Gasteiger partial charge in [0, 0.05) is 19.0 Å². The number of hydrogen-bond donors (Lipinski definition) is 1. The Hall–Kier alpha value is -0.860. The summed E-state index contributed by atoms with van der Waals surface area (Å²) in [5.41, 5.74) is 3.50. The minimum Gasteiger partial charge on any atom is -0.388 e. The highest BCUT2D eigenvalue weighted by molar-refractivity contribution is 5.35. The summed E-state index contributed by atoms with van der Waals surface area (Å²) in [6.07, 6.45) is 5.51. The molecule has 0 bridgehead atoms. The fourth-order valence-corrected chi connectivity index (χ4v) is 4.01. The fourth-order valence-electron chi connectivity index (χ4n) is 4.01. The summed E-state index contributed by atoms with van der Waals surface area (Å²) < 4.78 is 0. The highest BCUT2D eigenvalue weighted by Crippen LogP contribution is 2.38. The molecule has 2 aliphatic rings. The Kier molecular flexibility index (Phi) is 3.40. The molecule has 3 rings (SSSR count). The van der Waals surface area contributed by atoms with E-state index in [4.69, 9.17) is 0 Å². The van der Waals surface area contributed by atoms with Crippen molar-refractivity contribution in [2.45, 2.75) is 57.6 Å². The average molecular weight is 259 g/mol.